The molecule has 0 aliphatic carbocycles. The SMILES string of the molecule is CCCN(CCC)c1oc(-c2ncn3c2CN(C)C(=O)c2cc(F)ccc2-3)nc1C.Cl. The summed E-state index contributed by atoms with van der Waals surface area (Å²) >= 11 is 0. The summed E-state index contributed by atoms with van der Waals surface area (Å²) in [5.74, 6) is 0.510. The number of nitrogens with zero attached hydrogens (tertiary/aromatic N) is 5. The highest BCUT2D eigenvalue weighted by molar-refractivity contribution is 5.98. The predicted octanol–water partition coefficient (Wildman–Crippen LogP) is 4.61. The van der Waals surface area contributed by atoms with Crippen molar-refractivity contribution in [2.75, 3.05) is 25.0 Å². The van der Waals surface area contributed by atoms with Crippen LogP contribution >= 0.6 is 12.4 Å². The van der Waals surface area contributed by atoms with E-state index in [-0.39, 0.29) is 18.3 Å². The number of anilines is 1. The maximum Gasteiger partial charge on any atom is 0.256 e. The standard InChI is InChI=1S/C22H26FN5O2.ClH/c1-5-9-27(10-6-2)22-14(3)25-20(30-22)19-18-12-26(4)21(29)16-11-15(23)7-8-17(16)28(18)13-24-19;/h7-8,11,13H,5-6,9-10,12H2,1-4H3;1H. The first-order valence-electron chi connectivity index (χ1n) is 10.3. The molecule has 0 fully saturated rings. The van der Waals surface area contributed by atoms with Crippen LogP contribution in [0, 0.1) is 12.7 Å². The van der Waals surface area contributed by atoms with Gasteiger partial charge in [0.15, 0.2) is 0 Å². The van der Waals surface area contributed by atoms with Gasteiger partial charge in [-0.1, -0.05) is 13.8 Å². The Morgan fingerprint density at radius 3 is 2.61 bits per heavy atom. The van der Waals surface area contributed by atoms with E-state index in [2.05, 4.69) is 28.7 Å². The number of amides is 1. The molecule has 31 heavy (non-hydrogen) atoms. The number of imidazole rings is 1. The van der Waals surface area contributed by atoms with Gasteiger partial charge in [0, 0.05) is 20.1 Å². The molecule has 7 nitrogen and oxygen atoms in total. The Bertz CT molecular complexity index is 1090. The molecule has 9 heteroatoms. The molecule has 3 aromatic rings. The molecule has 0 saturated carbocycles. The summed E-state index contributed by atoms with van der Waals surface area (Å²) in [6, 6.07) is 4.22. The fourth-order valence-electron chi connectivity index (χ4n) is 3.94. The molecule has 0 radical (unpaired) electrons. The highest BCUT2D eigenvalue weighted by Crippen LogP contribution is 2.33. The van der Waals surface area contributed by atoms with Crippen molar-refractivity contribution in [2.45, 2.75) is 40.2 Å². The average molecular weight is 448 g/mol. The van der Waals surface area contributed by atoms with Crippen LogP contribution in [0.4, 0.5) is 10.3 Å². The Kier molecular flexibility index (Phi) is 6.69. The molecular formula is C22H27ClFN5O2. The molecule has 0 unspecified atom stereocenters. The first kappa shape index (κ1) is 22.8. The zero-order valence-corrected chi connectivity index (χ0v) is 19.0. The molecule has 0 spiro atoms. The van der Waals surface area contributed by atoms with Gasteiger partial charge in [-0.2, -0.15) is 0 Å². The minimum Gasteiger partial charge on any atom is -0.418 e. The van der Waals surface area contributed by atoms with Crippen LogP contribution in [0.5, 0.6) is 0 Å². The summed E-state index contributed by atoms with van der Waals surface area (Å²) in [7, 11) is 1.69. The molecule has 0 bridgehead atoms. The average Bonchev–Trinajstić information content (AvgIpc) is 3.28. The van der Waals surface area contributed by atoms with E-state index in [4.69, 9.17) is 4.42 Å². The van der Waals surface area contributed by atoms with Crippen LogP contribution in [-0.4, -0.2) is 45.5 Å². The minimum absolute atomic E-state index is 0. The predicted molar refractivity (Wildman–Crippen MR) is 120 cm³/mol. The van der Waals surface area contributed by atoms with Crippen molar-refractivity contribution in [3.05, 3.63) is 47.3 Å². The van der Waals surface area contributed by atoms with Gasteiger partial charge in [-0.15, -0.1) is 12.4 Å². The molecular weight excluding hydrogens is 421 g/mol. The summed E-state index contributed by atoms with van der Waals surface area (Å²) in [5.41, 5.74) is 3.09. The van der Waals surface area contributed by atoms with Crippen molar-refractivity contribution in [1.82, 2.24) is 19.4 Å². The van der Waals surface area contributed by atoms with Gasteiger partial charge in [0.1, 0.15) is 23.5 Å². The van der Waals surface area contributed by atoms with Crippen LogP contribution in [-0.2, 0) is 6.54 Å². The Labute approximate surface area is 187 Å². The molecule has 2 aromatic heterocycles. The fraction of sp³-hybridized carbons (Fsp3) is 0.409. The summed E-state index contributed by atoms with van der Waals surface area (Å²) < 4.78 is 21.8. The summed E-state index contributed by atoms with van der Waals surface area (Å²) in [5, 5.41) is 0. The highest BCUT2D eigenvalue weighted by Gasteiger charge is 2.29. The Morgan fingerprint density at radius 2 is 1.94 bits per heavy atom. The Morgan fingerprint density at radius 1 is 1.23 bits per heavy atom. The first-order valence-corrected chi connectivity index (χ1v) is 10.3. The lowest BCUT2D eigenvalue weighted by molar-refractivity contribution is 0.0787. The van der Waals surface area contributed by atoms with Gasteiger partial charge < -0.3 is 14.2 Å². The monoisotopic (exact) mass is 447 g/mol. The van der Waals surface area contributed by atoms with E-state index in [1.807, 2.05) is 11.5 Å². The van der Waals surface area contributed by atoms with Crippen molar-refractivity contribution >= 4 is 24.2 Å². The van der Waals surface area contributed by atoms with E-state index < -0.39 is 5.82 Å². The van der Waals surface area contributed by atoms with Crippen molar-refractivity contribution in [3.8, 4) is 17.3 Å². The minimum atomic E-state index is -0.445. The van der Waals surface area contributed by atoms with E-state index in [1.165, 1.54) is 12.1 Å². The molecule has 1 aliphatic rings. The van der Waals surface area contributed by atoms with Crippen LogP contribution < -0.4 is 4.90 Å². The molecule has 0 N–H and O–H groups in total. The number of aromatic nitrogens is 3. The van der Waals surface area contributed by atoms with Crippen LogP contribution in [0.25, 0.3) is 17.3 Å². The smallest absolute Gasteiger partial charge is 0.256 e. The zero-order chi connectivity index (χ0) is 21.4. The van der Waals surface area contributed by atoms with E-state index in [0.717, 1.165) is 43.2 Å². The van der Waals surface area contributed by atoms with Crippen molar-refractivity contribution in [1.29, 1.82) is 0 Å². The summed E-state index contributed by atoms with van der Waals surface area (Å²) in [4.78, 5) is 25.7. The largest absolute Gasteiger partial charge is 0.418 e. The zero-order valence-electron chi connectivity index (χ0n) is 18.2. The van der Waals surface area contributed by atoms with Gasteiger partial charge in [0.05, 0.1) is 23.5 Å². The molecule has 1 aliphatic heterocycles. The lowest BCUT2D eigenvalue weighted by atomic mass is 10.1. The van der Waals surface area contributed by atoms with Gasteiger partial charge in [-0.25, -0.2) is 14.4 Å². The highest BCUT2D eigenvalue weighted by atomic mass is 35.5. The molecule has 1 amide bonds. The quantitative estimate of drug-likeness (QED) is 0.552. The molecule has 0 atom stereocenters. The first-order chi connectivity index (χ1) is 14.4. The number of halogens is 2. The van der Waals surface area contributed by atoms with E-state index in [0.29, 0.717) is 29.4 Å². The number of benzene rings is 1. The maximum atomic E-state index is 13.8. The third-order valence-corrected chi connectivity index (χ3v) is 5.30. The molecule has 3 heterocycles. The van der Waals surface area contributed by atoms with Gasteiger partial charge in [0.2, 0.25) is 11.8 Å². The lowest BCUT2D eigenvalue weighted by Crippen LogP contribution is -2.25. The number of hydrogen-bond acceptors (Lipinski definition) is 5. The Hall–Kier alpha value is -2.87. The fourth-order valence-corrected chi connectivity index (χ4v) is 3.94. The van der Waals surface area contributed by atoms with Crippen LogP contribution in [0.2, 0.25) is 0 Å². The summed E-state index contributed by atoms with van der Waals surface area (Å²) in [6.45, 7) is 8.30. The number of fused-ring (bicyclic) bond motifs is 3. The van der Waals surface area contributed by atoms with E-state index in [9.17, 15) is 9.18 Å². The number of carbonyl (C=O) groups excluding carboxylic acids is 1. The maximum absolute atomic E-state index is 13.8. The second-order valence-electron chi connectivity index (χ2n) is 7.63. The topological polar surface area (TPSA) is 67.4 Å². The lowest BCUT2D eigenvalue weighted by Gasteiger charge is -2.20. The third kappa shape index (κ3) is 4.04. The molecule has 0 saturated heterocycles. The van der Waals surface area contributed by atoms with Gasteiger partial charge >= 0.3 is 0 Å². The second-order valence-corrected chi connectivity index (χ2v) is 7.63. The molecule has 166 valence electrons. The number of rotatable bonds is 6. The number of hydrogen-bond donors (Lipinski definition) is 0. The van der Waals surface area contributed by atoms with Crippen molar-refractivity contribution < 1.29 is 13.6 Å². The van der Waals surface area contributed by atoms with E-state index >= 15 is 0 Å². The second kappa shape index (κ2) is 9.09. The molecule has 4 rings (SSSR count). The third-order valence-electron chi connectivity index (χ3n) is 5.30. The summed E-state index contributed by atoms with van der Waals surface area (Å²) in [6.07, 6.45) is 3.66. The van der Waals surface area contributed by atoms with Gasteiger partial charge in [-0.3, -0.25) is 9.36 Å². The molecule has 1 aromatic carbocycles. The van der Waals surface area contributed by atoms with Crippen molar-refractivity contribution in [3.63, 3.8) is 0 Å². The number of carbonyl (C=O) groups is 1. The van der Waals surface area contributed by atoms with Gasteiger partial charge in [0.25, 0.3) is 5.91 Å². The van der Waals surface area contributed by atoms with Crippen molar-refractivity contribution in [2.24, 2.45) is 0 Å². The van der Waals surface area contributed by atoms with E-state index in [1.54, 1.807) is 24.3 Å². The normalized spacial score (nSPS) is 12.8. The number of oxazole rings is 1. The van der Waals surface area contributed by atoms with Crippen LogP contribution in [0.1, 0.15) is 48.4 Å². The number of aryl methyl sites for hydroxylation is 1. The van der Waals surface area contributed by atoms with Crippen LogP contribution in [0.3, 0.4) is 0 Å². The Balaban J connectivity index is 0.00000272. The van der Waals surface area contributed by atoms with Crippen LogP contribution in [0.15, 0.2) is 28.9 Å². The van der Waals surface area contributed by atoms with Gasteiger partial charge in [-0.05, 0) is 38.0 Å².